The molecule has 1 aliphatic carbocycles. The molecule has 1 aromatic heterocycles. The molecule has 1 aromatic rings. The molecule has 0 unspecified atom stereocenters. The van der Waals surface area contributed by atoms with Crippen molar-refractivity contribution in [3.63, 3.8) is 0 Å². The number of hydrogen-bond donors (Lipinski definition) is 1. The van der Waals surface area contributed by atoms with Gasteiger partial charge in [0.05, 0.1) is 4.88 Å². The van der Waals surface area contributed by atoms with E-state index in [0.29, 0.717) is 6.54 Å². The summed E-state index contributed by atoms with van der Waals surface area (Å²) in [5.74, 6) is 0.817. The quantitative estimate of drug-likeness (QED) is 0.809. The maximum atomic E-state index is 11.7. The van der Waals surface area contributed by atoms with Gasteiger partial charge in [-0.25, -0.2) is 0 Å². The van der Waals surface area contributed by atoms with Gasteiger partial charge in [0, 0.05) is 12.1 Å². The van der Waals surface area contributed by atoms with Gasteiger partial charge in [-0.2, -0.15) is 0 Å². The predicted octanol–water partition coefficient (Wildman–Crippen LogP) is 3.46. The van der Waals surface area contributed by atoms with Gasteiger partial charge in [0.25, 0.3) is 5.91 Å². The third kappa shape index (κ3) is 2.16. The van der Waals surface area contributed by atoms with Crippen LogP contribution in [-0.4, -0.2) is 12.5 Å². The van der Waals surface area contributed by atoms with Crippen LogP contribution in [0.5, 0.6) is 0 Å². The van der Waals surface area contributed by atoms with Crippen molar-refractivity contribution < 1.29 is 4.79 Å². The lowest BCUT2D eigenvalue weighted by molar-refractivity contribution is 0.0959. The molecule has 0 spiro atoms. The summed E-state index contributed by atoms with van der Waals surface area (Å²) in [7, 11) is 0. The van der Waals surface area contributed by atoms with E-state index in [2.05, 4.69) is 17.5 Å². The molecule has 90 valence electrons. The molecule has 1 amide bonds. The summed E-state index contributed by atoms with van der Waals surface area (Å²) in [6.45, 7) is 0.707. The summed E-state index contributed by atoms with van der Waals surface area (Å²) < 4.78 is 0. The van der Waals surface area contributed by atoms with E-state index >= 15 is 0 Å². The summed E-state index contributed by atoms with van der Waals surface area (Å²) in [5.41, 5.74) is 2.50. The maximum absolute atomic E-state index is 11.7. The first-order valence-corrected chi connectivity index (χ1v) is 7.29. The number of rotatable bonds is 1. The fourth-order valence-electron chi connectivity index (χ4n) is 2.82. The highest BCUT2D eigenvalue weighted by Crippen LogP contribution is 2.32. The van der Waals surface area contributed by atoms with E-state index in [1.54, 1.807) is 11.3 Å². The Morgan fingerprint density at radius 2 is 2.12 bits per heavy atom. The van der Waals surface area contributed by atoms with Crippen molar-refractivity contribution in [2.75, 3.05) is 6.54 Å². The second kappa shape index (κ2) is 4.65. The lowest BCUT2D eigenvalue weighted by atomic mass is 9.86. The van der Waals surface area contributed by atoms with Crippen LogP contribution in [0.4, 0.5) is 0 Å². The van der Waals surface area contributed by atoms with Crippen LogP contribution in [0.3, 0.4) is 0 Å². The van der Waals surface area contributed by atoms with Gasteiger partial charge in [-0.05, 0) is 35.8 Å². The fraction of sp³-hybridized carbons (Fsp3) is 0.500. The third-order valence-corrected chi connectivity index (χ3v) is 4.66. The highest BCUT2D eigenvalue weighted by Gasteiger charge is 2.22. The Morgan fingerprint density at radius 3 is 2.94 bits per heavy atom. The van der Waals surface area contributed by atoms with Crippen LogP contribution >= 0.6 is 11.3 Å². The highest BCUT2D eigenvalue weighted by atomic mass is 32.1. The van der Waals surface area contributed by atoms with Crippen LogP contribution in [-0.2, 0) is 0 Å². The van der Waals surface area contributed by atoms with Crippen molar-refractivity contribution in [2.24, 2.45) is 5.92 Å². The van der Waals surface area contributed by atoms with Gasteiger partial charge < -0.3 is 5.32 Å². The first kappa shape index (κ1) is 11.0. The summed E-state index contributed by atoms with van der Waals surface area (Å²) in [6, 6.07) is 2.09. The normalized spacial score (nSPS) is 23.5. The Bertz CT molecular complexity index is 455. The molecule has 2 heterocycles. The molecule has 2 aliphatic rings. The van der Waals surface area contributed by atoms with Crippen LogP contribution in [0.2, 0.25) is 0 Å². The van der Waals surface area contributed by atoms with E-state index in [9.17, 15) is 4.79 Å². The van der Waals surface area contributed by atoms with Crippen molar-refractivity contribution in [3.8, 4) is 0 Å². The number of nitrogens with one attached hydrogen (secondary N) is 1. The van der Waals surface area contributed by atoms with Crippen LogP contribution in [0.1, 0.15) is 47.3 Å². The summed E-state index contributed by atoms with van der Waals surface area (Å²) in [4.78, 5) is 12.5. The Morgan fingerprint density at radius 1 is 1.29 bits per heavy atom. The SMILES string of the molecule is O=C1NC/C(=C\C2CCCCC2)c2ccsc21. The van der Waals surface area contributed by atoms with Crippen LogP contribution in [0.15, 0.2) is 17.5 Å². The van der Waals surface area contributed by atoms with Crippen LogP contribution in [0, 0.1) is 5.92 Å². The van der Waals surface area contributed by atoms with E-state index in [1.807, 2.05) is 5.38 Å². The number of fused-ring (bicyclic) bond motifs is 1. The first-order valence-electron chi connectivity index (χ1n) is 6.41. The van der Waals surface area contributed by atoms with Crippen LogP contribution in [0.25, 0.3) is 5.57 Å². The van der Waals surface area contributed by atoms with E-state index in [4.69, 9.17) is 0 Å². The molecule has 0 radical (unpaired) electrons. The van der Waals surface area contributed by atoms with Crippen molar-refractivity contribution in [3.05, 3.63) is 28.0 Å². The molecule has 0 bridgehead atoms. The maximum Gasteiger partial charge on any atom is 0.262 e. The zero-order valence-electron chi connectivity index (χ0n) is 9.87. The molecule has 0 aromatic carbocycles. The zero-order valence-corrected chi connectivity index (χ0v) is 10.7. The molecule has 2 nitrogen and oxygen atoms in total. The van der Waals surface area contributed by atoms with E-state index in [-0.39, 0.29) is 5.91 Å². The molecule has 1 saturated carbocycles. The number of carbonyl (C=O) groups excluding carboxylic acids is 1. The van der Waals surface area contributed by atoms with Gasteiger partial charge >= 0.3 is 0 Å². The smallest absolute Gasteiger partial charge is 0.262 e. The molecule has 1 N–H and O–H groups in total. The molecule has 3 rings (SSSR count). The van der Waals surface area contributed by atoms with Gasteiger partial charge in [-0.3, -0.25) is 4.79 Å². The average molecular weight is 247 g/mol. The minimum absolute atomic E-state index is 0.0933. The molecule has 1 fully saturated rings. The molecule has 3 heteroatoms. The minimum Gasteiger partial charge on any atom is -0.347 e. The lowest BCUT2D eigenvalue weighted by Crippen LogP contribution is -2.30. The molecule has 1 aliphatic heterocycles. The summed E-state index contributed by atoms with van der Waals surface area (Å²) in [6.07, 6.45) is 9.15. The van der Waals surface area contributed by atoms with Gasteiger partial charge in [-0.1, -0.05) is 25.3 Å². The number of carbonyl (C=O) groups is 1. The fourth-order valence-corrected chi connectivity index (χ4v) is 3.67. The van der Waals surface area contributed by atoms with E-state index in [0.717, 1.165) is 10.8 Å². The largest absolute Gasteiger partial charge is 0.347 e. The second-order valence-corrected chi connectivity index (χ2v) is 5.85. The summed E-state index contributed by atoms with van der Waals surface area (Å²) in [5, 5.41) is 4.99. The van der Waals surface area contributed by atoms with E-state index in [1.165, 1.54) is 43.2 Å². The monoisotopic (exact) mass is 247 g/mol. The lowest BCUT2D eigenvalue weighted by Gasteiger charge is -2.22. The Hall–Kier alpha value is -1.09. The second-order valence-electron chi connectivity index (χ2n) is 4.94. The Labute approximate surface area is 106 Å². The highest BCUT2D eigenvalue weighted by molar-refractivity contribution is 7.12. The van der Waals surface area contributed by atoms with Crippen molar-refractivity contribution in [1.29, 1.82) is 0 Å². The average Bonchev–Trinajstić information content (AvgIpc) is 2.84. The van der Waals surface area contributed by atoms with Crippen molar-refractivity contribution in [2.45, 2.75) is 32.1 Å². The minimum atomic E-state index is 0.0933. The first-order chi connectivity index (χ1) is 8.34. The molecule has 17 heavy (non-hydrogen) atoms. The molecular weight excluding hydrogens is 230 g/mol. The molecule has 0 atom stereocenters. The molecule has 0 saturated heterocycles. The molecular formula is C14H17NOS. The number of amides is 1. The van der Waals surface area contributed by atoms with Crippen molar-refractivity contribution >= 4 is 22.8 Å². The Balaban J connectivity index is 1.87. The zero-order chi connectivity index (χ0) is 11.7. The standard InChI is InChI=1S/C14H17NOS/c16-14-13-12(6-7-17-13)11(9-15-14)8-10-4-2-1-3-5-10/h6-8,10H,1-5,9H2,(H,15,16)/b11-8+. The van der Waals surface area contributed by atoms with Gasteiger partial charge in [-0.15, -0.1) is 11.3 Å². The number of thiophene rings is 1. The third-order valence-electron chi connectivity index (χ3n) is 3.74. The van der Waals surface area contributed by atoms with Crippen LogP contribution < -0.4 is 5.32 Å². The van der Waals surface area contributed by atoms with Gasteiger partial charge in [0.2, 0.25) is 0 Å². The van der Waals surface area contributed by atoms with Gasteiger partial charge in [0.1, 0.15) is 0 Å². The van der Waals surface area contributed by atoms with Gasteiger partial charge in [0.15, 0.2) is 0 Å². The topological polar surface area (TPSA) is 29.1 Å². The number of allylic oxidation sites excluding steroid dienone is 1. The van der Waals surface area contributed by atoms with Crippen molar-refractivity contribution in [1.82, 2.24) is 5.32 Å². The Kier molecular flexibility index (Phi) is 3.02. The predicted molar refractivity (Wildman–Crippen MR) is 71.2 cm³/mol. The summed E-state index contributed by atoms with van der Waals surface area (Å²) >= 11 is 1.55. The van der Waals surface area contributed by atoms with E-state index < -0.39 is 0 Å². The number of hydrogen-bond acceptors (Lipinski definition) is 2.